The van der Waals surface area contributed by atoms with E-state index in [2.05, 4.69) is 5.10 Å². The minimum Gasteiger partial charge on any atom is -0.266 e. The van der Waals surface area contributed by atoms with Crippen molar-refractivity contribution in [3.8, 4) is 0 Å². The number of aromatic nitrogens is 2. The first-order valence-corrected chi connectivity index (χ1v) is 10.6. The van der Waals surface area contributed by atoms with E-state index >= 15 is 0 Å². The topological polar surface area (TPSA) is 78.0 Å². The number of hydrogen-bond donors (Lipinski definition) is 0. The first-order valence-electron chi connectivity index (χ1n) is 8.57. The van der Waals surface area contributed by atoms with E-state index in [9.17, 15) is 14.9 Å². The molecule has 29 heavy (non-hydrogen) atoms. The number of halogens is 1. The van der Waals surface area contributed by atoms with Crippen molar-refractivity contribution in [3.05, 3.63) is 79.9 Å². The van der Waals surface area contributed by atoms with Gasteiger partial charge in [-0.25, -0.2) is 0 Å². The van der Waals surface area contributed by atoms with Gasteiger partial charge in [-0.2, -0.15) is 9.78 Å². The number of carbonyl (C=O) groups excluding carboxylic acids is 1. The molecule has 4 rings (SSSR count). The number of aryl methyl sites for hydroxylation is 1. The van der Waals surface area contributed by atoms with E-state index in [-0.39, 0.29) is 11.6 Å². The average molecular weight is 444 g/mol. The summed E-state index contributed by atoms with van der Waals surface area (Å²) in [6, 6.07) is 14.1. The lowest BCUT2D eigenvalue weighted by Crippen LogP contribution is -2.14. The van der Waals surface area contributed by atoms with Crippen molar-refractivity contribution >= 4 is 56.4 Å². The summed E-state index contributed by atoms with van der Waals surface area (Å²) < 4.78 is 2.25. The molecule has 0 unspecified atom stereocenters. The molecule has 0 aliphatic rings. The smallest absolute Gasteiger partial charge is 0.266 e. The predicted octanol–water partition coefficient (Wildman–Crippen LogP) is 6.12. The highest BCUT2D eigenvalue weighted by atomic mass is 35.5. The quantitative estimate of drug-likeness (QED) is 0.280. The summed E-state index contributed by atoms with van der Waals surface area (Å²) in [6.45, 7) is 3.55. The third-order valence-electron chi connectivity index (χ3n) is 4.42. The van der Waals surface area contributed by atoms with E-state index in [0.29, 0.717) is 31.1 Å². The lowest BCUT2D eigenvalue weighted by atomic mass is 10.2. The molecule has 4 aromatic rings. The zero-order valence-electron chi connectivity index (χ0n) is 15.4. The maximum absolute atomic E-state index is 13.2. The predicted molar refractivity (Wildman–Crippen MR) is 115 cm³/mol. The van der Waals surface area contributed by atoms with Crippen LogP contribution < -0.4 is 0 Å². The van der Waals surface area contributed by atoms with E-state index in [1.165, 1.54) is 33.8 Å². The molecule has 146 valence electrons. The molecule has 0 amide bonds. The van der Waals surface area contributed by atoms with Crippen LogP contribution in [0.2, 0.25) is 5.02 Å². The lowest BCUT2D eigenvalue weighted by Gasteiger charge is -2.04. The summed E-state index contributed by atoms with van der Waals surface area (Å²) >= 11 is 9.01. The molecule has 0 spiro atoms. The number of thiophene rings is 1. The van der Waals surface area contributed by atoms with Crippen LogP contribution in [0.3, 0.4) is 0 Å². The van der Waals surface area contributed by atoms with E-state index in [1.54, 1.807) is 32.0 Å². The van der Waals surface area contributed by atoms with Crippen LogP contribution in [-0.4, -0.2) is 20.6 Å². The van der Waals surface area contributed by atoms with E-state index < -0.39 is 4.92 Å². The number of carbonyl (C=O) groups is 1. The van der Waals surface area contributed by atoms with Gasteiger partial charge in [0.2, 0.25) is 0 Å². The van der Waals surface area contributed by atoms with Gasteiger partial charge in [0, 0.05) is 16.2 Å². The Balaban J connectivity index is 1.75. The largest absolute Gasteiger partial charge is 0.290 e. The van der Waals surface area contributed by atoms with E-state index in [4.69, 9.17) is 11.6 Å². The molecule has 0 aliphatic carbocycles. The first kappa shape index (κ1) is 19.6. The Kier molecular flexibility index (Phi) is 5.16. The Morgan fingerprint density at radius 3 is 2.59 bits per heavy atom. The molecule has 2 aromatic carbocycles. The second-order valence-corrected chi connectivity index (χ2v) is 8.77. The molecule has 0 aliphatic heterocycles. The number of nitrogens with zero attached hydrogens (tertiary/aromatic N) is 3. The first-order chi connectivity index (χ1) is 13.9. The fourth-order valence-corrected chi connectivity index (χ4v) is 5.50. The van der Waals surface area contributed by atoms with E-state index in [0.717, 1.165) is 10.1 Å². The third-order valence-corrected chi connectivity index (χ3v) is 7.44. The summed E-state index contributed by atoms with van der Waals surface area (Å²) in [6.07, 6.45) is 0. The summed E-state index contributed by atoms with van der Waals surface area (Å²) in [5, 5.41) is 16.9. The molecule has 0 bridgehead atoms. The van der Waals surface area contributed by atoms with Gasteiger partial charge in [-0.15, -0.1) is 11.3 Å². The van der Waals surface area contributed by atoms with Crippen LogP contribution in [0.4, 0.5) is 5.69 Å². The van der Waals surface area contributed by atoms with Crippen LogP contribution in [0.1, 0.15) is 21.1 Å². The van der Waals surface area contributed by atoms with Crippen molar-refractivity contribution in [1.29, 1.82) is 0 Å². The van der Waals surface area contributed by atoms with Crippen molar-refractivity contribution < 1.29 is 9.72 Å². The molecule has 2 aromatic heterocycles. The van der Waals surface area contributed by atoms with Crippen molar-refractivity contribution in [2.24, 2.45) is 0 Å². The van der Waals surface area contributed by atoms with Crippen LogP contribution in [0, 0.1) is 24.0 Å². The minimum atomic E-state index is -0.417. The molecule has 0 atom stereocenters. The Labute approximate surface area is 179 Å². The zero-order valence-corrected chi connectivity index (χ0v) is 17.8. The number of rotatable bonds is 4. The minimum absolute atomic E-state index is 0.0166. The second kappa shape index (κ2) is 7.62. The van der Waals surface area contributed by atoms with Crippen molar-refractivity contribution in [3.63, 3.8) is 0 Å². The van der Waals surface area contributed by atoms with Gasteiger partial charge in [0.25, 0.3) is 11.6 Å². The molecule has 9 heteroatoms. The van der Waals surface area contributed by atoms with Crippen LogP contribution in [0.25, 0.3) is 10.1 Å². The molecule has 0 radical (unpaired) electrons. The number of benzene rings is 2. The highest BCUT2D eigenvalue weighted by Crippen LogP contribution is 2.39. The third kappa shape index (κ3) is 3.43. The van der Waals surface area contributed by atoms with Gasteiger partial charge in [0.05, 0.1) is 31.1 Å². The molecule has 0 saturated carbocycles. The fraction of sp³-hybridized carbons (Fsp3) is 0.100. The fourth-order valence-electron chi connectivity index (χ4n) is 3.03. The van der Waals surface area contributed by atoms with E-state index in [1.807, 2.05) is 24.3 Å². The van der Waals surface area contributed by atoms with Crippen LogP contribution >= 0.6 is 34.7 Å². The molecule has 6 nitrogen and oxygen atoms in total. The van der Waals surface area contributed by atoms with Gasteiger partial charge in [-0.1, -0.05) is 53.7 Å². The Morgan fingerprint density at radius 2 is 1.86 bits per heavy atom. The number of fused-ring (bicyclic) bond motifs is 1. The molecular weight excluding hydrogens is 430 g/mol. The Hall–Kier alpha value is -2.68. The summed E-state index contributed by atoms with van der Waals surface area (Å²) in [4.78, 5) is 25.7. The van der Waals surface area contributed by atoms with Crippen molar-refractivity contribution in [1.82, 2.24) is 9.78 Å². The Morgan fingerprint density at radius 1 is 1.17 bits per heavy atom. The number of para-hydroxylation sites is 1. The van der Waals surface area contributed by atoms with Gasteiger partial charge >= 0.3 is 0 Å². The second-order valence-electron chi connectivity index (χ2n) is 6.29. The average Bonchev–Trinajstić information content (AvgIpc) is 3.19. The van der Waals surface area contributed by atoms with Gasteiger partial charge in [-0.3, -0.25) is 14.9 Å². The van der Waals surface area contributed by atoms with Crippen LogP contribution in [0.5, 0.6) is 0 Å². The van der Waals surface area contributed by atoms with Crippen LogP contribution in [0.15, 0.2) is 58.3 Å². The number of nitro benzene ring substituents is 1. The standard InChI is InChI=1S/C20H14ClN3O3S2/c1-11-18(29-16-10-6-4-8-14(16)24(26)27)12(2)23(22-11)20(25)19-17(21)13-7-3-5-9-15(13)28-19/h3-10H,1-2H3. The highest BCUT2D eigenvalue weighted by Gasteiger charge is 2.25. The molecule has 0 fully saturated rings. The maximum Gasteiger partial charge on any atom is 0.290 e. The highest BCUT2D eigenvalue weighted by molar-refractivity contribution is 7.99. The molecular formula is C20H14ClN3O3S2. The number of hydrogen-bond acceptors (Lipinski definition) is 6. The summed E-state index contributed by atoms with van der Waals surface area (Å²) in [5.41, 5.74) is 1.25. The monoisotopic (exact) mass is 443 g/mol. The van der Waals surface area contributed by atoms with Gasteiger partial charge < -0.3 is 0 Å². The number of nitro groups is 1. The van der Waals surface area contributed by atoms with Gasteiger partial charge in [0.1, 0.15) is 4.88 Å². The van der Waals surface area contributed by atoms with Crippen molar-refractivity contribution in [2.45, 2.75) is 23.6 Å². The summed E-state index contributed by atoms with van der Waals surface area (Å²) in [5.74, 6) is -0.314. The summed E-state index contributed by atoms with van der Waals surface area (Å²) in [7, 11) is 0. The van der Waals surface area contributed by atoms with Gasteiger partial charge in [0.15, 0.2) is 0 Å². The lowest BCUT2D eigenvalue weighted by molar-refractivity contribution is -0.387. The molecule has 2 heterocycles. The maximum atomic E-state index is 13.2. The van der Waals surface area contributed by atoms with Crippen LogP contribution in [-0.2, 0) is 0 Å². The SMILES string of the molecule is Cc1nn(C(=O)c2sc3ccccc3c2Cl)c(C)c1Sc1ccccc1[N+](=O)[O-]. The molecule has 0 N–H and O–H groups in total. The Bertz CT molecular complexity index is 1280. The van der Waals surface area contributed by atoms with Gasteiger partial charge in [-0.05, 0) is 26.0 Å². The normalized spacial score (nSPS) is 11.1. The van der Waals surface area contributed by atoms with Crippen molar-refractivity contribution in [2.75, 3.05) is 0 Å². The molecule has 0 saturated heterocycles. The zero-order chi connectivity index (χ0) is 20.7.